The van der Waals surface area contributed by atoms with Crippen LogP contribution in [0.5, 0.6) is 0 Å². The second-order valence-corrected chi connectivity index (χ2v) is 10.3. The van der Waals surface area contributed by atoms with Crippen LogP contribution in [-0.2, 0) is 10.3 Å². The Hall–Kier alpha value is -2.63. The summed E-state index contributed by atoms with van der Waals surface area (Å²) in [4.78, 5) is 24.6. The lowest BCUT2D eigenvalue weighted by atomic mass is 9.90. The molecule has 8 nitrogen and oxygen atoms in total. The maximum Gasteiger partial charge on any atom is 0.290 e. The third-order valence-corrected chi connectivity index (χ3v) is 7.80. The van der Waals surface area contributed by atoms with E-state index in [-0.39, 0.29) is 17.3 Å². The topological polar surface area (TPSA) is 87.0 Å². The smallest absolute Gasteiger partial charge is 0.290 e. The zero-order chi connectivity index (χ0) is 24.3. The Morgan fingerprint density at radius 3 is 2.53 bits per heavy atom. The van der Waals surface area contributed by atoms with E-state index in [9.17, 15) is 4.79 Å². The Kier molecular flexibility index (Phi) is 7.44. The number of likely N-dealkylation sites (N-methyl/N-ethyl adjacent to an activating group) is 1. The van der Waals surface area contributed by atoms with Crippen LogP contribution in [0.3, 0.4) is 0 Å². The van der Waals surface area contributed by atoms with Gasteiger partial charge in [-0.15, -0.1) is 0 Å². The van der Waals surface area contributed by atoms with Crippen molar-refractivity contribution in [2.45, 2.75) is 52.1 Å². The van der Waals surface area contributed by atoms with Crippen LogP contribution in [0.15, 0.2) is 23.2 Å². The molecule has 1 aromatic rings. The molecule has 2 fully saturated rings. The summed E-state index contributed by atoms with van der Waals surface area (Å²) in [5.74, 6) is 0.679. The summed E-state index contributed by atoms with van der Waals surface area (Å²) in [6.45, 7) is 16.9. The lowest BCUT2D eigenvalue weighted by Gasteiger charge is -2.44. The standard InChI is InChI=1S/C26H39N7O/c1-5-31-12-14-33(15-13-31)26(3,4)20-6-7-22(23(16-20)32-10-8-19(2)9-11-32)30-25(34)24-28-18-21(17-27)29-24/h6-7,16,19,21H,5,8-15,18H2,1-4H3,(H,28,29)(H,30,34). The van der Waals surface area contributed by atoms with E-state index in [1.54, 1.807) is 0 Å². The number of piperidine rings is 1. The van der Waals surface area contributed by atoms with Crippen LogP contribution < -0.4 is 15.5 Å². The first-order valence-corrected chi connectivity index (χ1v) is 12.7. The van der Waals surface area contributed by atoms with Gasteiger partial charge in [0, 0.05) is 44.8 Å². The van der Waals surface area contributed by atoms with Gasteiger partial charge in [-0.3, -0.25) is 9.69 Å². The van der Waals surface area contributed by atoms with Crippen molar-refractivity contribution in [3.8, 4) is 6.07 Å². The molecule has 184 valence electrons. The fourth-order valence-electron chi connectivity index (χ4n) is 5.17. The molecule has 0 saturated carbocycles. The van der Waals surface area contributed by atoms with E-state index in [0.29, 0.717) is 6.54 Å². The number of nitrogens with one attached hydrogen (secondary N) is 2. The van der Waals surface area contributed by atoms with Crippen molar-refractivity contribution in [1.29, 1.82) is 5.26 Å². The Bertz CT molecular complexity index is 950. The van der Waals surface area contributed by atoms with E-state index in [0.717, 1.165) is 75.9 Å². The molecule has 1 unspecified atom stereocenters. The average molecular weight is 466 g/mol. The number of carbonyl (C=O) groups excluding carboxylic acids is 1. The number of hydrogen-bond donors (Lipinski definition) is 2. The molecule has 0 aromatic heterocycles. The Balaban J connectivity index is 1.59. The van der Waals surface area contributed by atoms with Crippen molar-refractivity contribution in [1.82, 2.24) is 15.1 Å². The summed E-state index contributed by atoms with van der Waals surface area (Å²) in [6.07, 6.45) is 2.30. The van der Waals surface area contributed by atoms with Crippen LogP contribution in [0.1, 0.15) is 46.1 Å². The summed E-state index contributed by atoms with van der Waals surface area (Å²) < 4.78 is 0. The second-order valence-electron chi connectivity index (χ2n) is 10.3. The highest BCUT2D eigenvalue weighted by atomic mass is 16.2. The number of amides is 1. The van der Waals surface area contributed by atoms with Crippen LogP contribution in [0.4, 0.5) is 11.4 Å². The highest BCUT2D eigenvalue weighted by molar-refractivity contribution is 6.42. The summed E-state index contributed by atoms with van der Waals surface area (Å²) in [5, 5.41) is 15.1. The summed E-state index contributed by atoms with van der Waals surface area (Å²) >= 11 is 0. The van der Waals surface area contributed by atoms with E-state index < -0.39 is 6.04 Å². The number of anilines is 2. The van der Waals surface area contributed by atoms with Gasteiger partial charge in [0.25, 0.3) is 5.91 Å². The van der Waals surface area contributed by atoms with Crippen LogP contribution in [0.25, 0.3) is 0 Å². The quantitative estimate of drug-likeness (QED) is 0.672. The van der Waals surface area contributed by atoms with E-state index in [4.69, 9.17) is 5.26 Å². The highest BCUT2D eigenvalue weighted by Crippen LogP contribution is 2.36. The van der Waals surface area contributed by atoms with E-state index in [1.165, 1.54) is 5.56 Å². The molecule has 0 bridgehead atoms. The lowest BCUT2D eigenvalue weighted by molar-refractivity contribution is -0.110. The predicted octanol–water partition coefficient (Wildman–Crippen LogP) is 2.63. The number of amidine groups is 1. The van der Waals surface area contributed by atoms with Crippen LogP contribution in [-0.4, -0.2) is 79.9 Å². The number of nitriles is 1. The van der Waals surface area contributed by atoms with Gasteiger partial charge in [-0.25, -0.2) is 4.99 Å². The first kappa shape index (κ1) is 24.5. The van der Waals surface area contributed by atoms with Gasteiger partial charge in [-0.2, -0.15) is 5.26 Å². The van der Waals surface area contributed by atoms with Crippen molar-refractivity contribution < 1.29 is 4.79 Å². The Labute approximate surface area is 204 Å². The van der Waals surface area contributed by atoms with E-state index in [1.807, 2.05) is 6.07 Å². The van der Waals surface area contributed by atoms with Gasteiger partial charge in [0.05, 0.1) is 24.0 Å². The first-order valence-electron chi connectivity index (χ1n) is 12.7. The van der Waals surface area contributed by atoms with E-state index in [2.05, 4.69) is 76.2 Å². The van der Waals surface area contributed by atoms with Crippen molar-refractivity contribution in [3.05, 3.63) is 23.8 Å². The largest absolute Gasteiger partial charge is 0.370 e. The van der Waals surface area contributed by atoms with Gasteiger partial charge in [-0.1, -0.05) is 19.9 Å². The van der Waals surface area contributed by atoms with Crippen molar-refractivity contribution in [2.24, 2.45) is 10.9 Å². The molecule has 0 spiro atoms. The summed E-state index contributed by atoms with van der Waals surface area (Å²) in [5.41, 5.74) is 3.05. The molecule has 1 aromatic carbocycles. The van der Waals surface area contributed by atoms with Crippen molar-refractivity contribution in [3.63, 3.8) is 0 Å². The molecule has 1 amide bonds. The molecular formula is C26H39N7O. The molecule has 2 N–H and O–H groups in total. The number of benzene rings is 1. The molecule has 2 saturated heterocycles. The number of nitrogens with zero attached hydrogens (tertiary/aromatic N) is 5. The molecule has 0 radical (unpaired) electrons. The number of aliphatic imine (C=N–C) groups is 1. The second kappa shape index (κ2) is 10.3. The number of piperazine rings is 1. The third-order valence-electron chi connectivity index (χ3n) is 7.80. The van der Waals surface area contributed by atoms with Gasteiger partial charge in [0.1, 0.15) is 0 Å². The third kappa shape index (κ3) is 5.21. The fourth-order valence-corrected chi connectivity index (χ4v) is 5.17. The van der Waals surface area contributed by atoms with Crippen molar-refractivity contribution >= 4 is 23.1 Å². The zero-order valence-corrected chi connectivity index (χ0v) is 21.1. The molecule has 4 rings (SSSR count). The van der Waals surface area contributed by atoms with Gasteiger partial charge >= 0.3 is 0 Å². The lowest BCUT2D eigenvalue weighted by Crippen LogP contribution is -2.53. The fraction of sp³-hybridized carbons (Fsp3) is 0.654. The summed E-state index contributed by atoms with van der Waals surface area (Å²) in [7, 11) is 0. The molecule has 3 aliphatic rings. The minimum atomic E-state index is -0.500. The molecule has 3 heterocycles. The summed E-state index contributed by atoms with van der Waals surface area (Å²) in [6, 6.07) is 8.07. The van der Waals surface area contributed by atoms with Gasteiger partial charge in [-0.05, 0) is 56.8 Å². The van der Waals surface area contributed by atoms with E-state index >= 15 is 0 Å². The number of hydrogen-bond acceptors (Lipinski definition) is 7. The molecule has 0 aliphatic carbocycles. The minimum Gasteiger partial charge on any atom is -0.370 e. The van der Waals surface area contributed by atoms with Gasteiger partial charge in [0.15, 0.2) is 11.9 Å². The maximum atomic E-state index is 12.9. The van der Waals surface area contributed by atoms with Crippen molar-refractivity contribution in [2.75, 3.05) is 62.6 Å². The number of rotatable bonds is 6. The predicted molar refractivity (Wildman–Crippen MR) is 137 cm³/mol. The first-order chi connectivity index (χ1) is 16.3. The molecule has 3 aliphatic heterocycles. The highest BCUT2D eigenvalue weighted by Gasteiger charge is 2.33. The average Bonchev–Trinajstić information content (AvgIpc) is 3.34. The molecule has 34 heavy (non-hydrogen) atoms. The Morgan fingerprint density at radius 2 is 1.91 bits per heavy atom. The Morgan fingerprint density at radius 1 is 1.21 bits per heavy atom. The molecule has 8 heteroatoms. The van der Waals surface area contributed by atoms with Gasteiger partial charge < -0.3 is 20.4 Å². The minimum absolute atomic E-state index is 0.0999. The van der Waals surface area contributed by atoms with Gasteiger partial charge in [0.2, 0.25) is 0 Å². The monoisotopic (exact) mass is 465 g/mol. The normalized spacial score (nSPS) is 22.7. The zero-order valence-electron chi connectivity index (χ0n) is 21.1. The van der Waals surface area contributed by atoms with Crippen LogP contribution >= 0.6 is 0 Å². The molecular weight excluding hydrogens is 426 g/mol. The SMILES string of the molecule is CCN1CCN(C(C)(C)c2ccc(NC(=O)C3=NC(C#N)CN3)c(N3CCC(C)CC3)c2)CC1. The number of carbonyl (C=O) groups is 1. The van der Waals surface area contributed by atoms with Crippen LogP contribution in [0.2, 0.25) is 0 Å². The molecule has 1 atom stereocenters. The maximum absolute atomic E-state index is 12.9. The van der Waals surface area contributed by atoms with Crippen LogP contribution in [0, 0.1) is 17.2 Å².